The molecule has 1 unspecified atom stereocenters. The van der Waals surface area contributed by atoms with E-state index in [1.165, 1.54) is 22.0 Å². The lowest BCUT2D eigenvalue weighted by molar-refractivity contribution is 0.0301. The summed E-state index contributed by atoms with van der Waals surface area (Å²) in [5.41, 5.74) is 3.89. The average Bonchev–Trinajstić information content (AvgIpc) is 3.09. The Morgan fingerprint density at radius 3 is 2.66 bits per heavy atom. The molecule has 29 heavy (non-hydrogen) atoms. The minimum absolute atomic E-state index is 0. The fraction of sp³-hybridized carbons (Fsp3) is 0.591. The van der Waals surface area contributed by atoms with Crippen molar-refractivity contribution in [3.8, 4) is 0 Å². The largest absolute Gasteiger partial charge is 0.389 e. The zero-order chi connectivity index (χ0) is 20.4. The molecule has 4 N–H and O–H groups in total. The maximum atomic E-state index is 10.0. The third-order valence-corrected chi connectivity index (χ3v) is 4.52. The van der Waals surface area contributed by atoms with Crippen molar-refractivity contribution in [2.45, 2.75) is 46.6 Å². The number of aromatic amines is 1. The standard InChI is InChI=1S/C22H36N4O2.HI/c1-5-17-8-7-9-20-18(12-25-21(17)20)10-11-24-22(23-6-2)26-13-19(27)15-28-14-16(3)4;/h7-9,12,16,19,25,27H,5-6,10-11,13-15H2,1-4H3,(H2,23,24,26);1H. The number of fused-ring (bicyclic) bond motifs is 1. The Labute approximate surface area is 191 Å². The number of nitrogens with one attached hydrogen (secondary N) is 3. The van der Waals surface area contributed by atoms with Gasteiger partial charge in [0.2, 0.25) is 0 Å². The van der Waals surface area contributed by atoms with E-state index in [0.29, 0.717) is 25.7 Å². The number of aliphatic hydroxyl groups excluding tert-OH is 1. The Hall–Kier alpha value is -1.32. The Balaban J connectivity index is 0.00000420. The molecule has 1 atom stereocenters. The molecule has 7 heteroatoms. The van der Waals surface area contributed by atoms with Crippen LogP contribution in [0.3, 0.4) is 0 Å². The first kappa shape index (κ1) is 25.7. The van der Waals surface area contributed by atoms with Crippen LogP contribution in [0, 0.1) is 5.92 Å². The molecule has 1 aromatic heterocycles. The normalized spacial score (nSPS) is 12.8. The molecule has 1 heterocycles. The number of rotatable bonds is 11. The number of aliphatic hydroxyl groups is 1. The number of hydrogen-bond donors (Lipinski definition) is 4. The fourth-order valence-electron chi connectivity index (χ4n) is 3.12. The minimum Gasteiger partial charge on any atom is -0.389 e. The summed E-state index contributed by atoms with van der Waals surface area (Å²) >= 11 is 0. The summed E-state index contributed by atoms with van der Waals surface area (Å²) in [6, 6.07) is 6.47. The van der Waals surface area contributed by atoms with E-state index in [2.05, 4.69) is 65.8 Å². The topological polar surface area (TPSA) is 81.7 Å². The number of aryl methyl sites for hydroxylation is 1. The van der Waals surface area contributed by atoms with Crippen molar-refractivity contribution in [3.05, 3.63) is 35.5 Å². The lowest BCUT2D eigenvalue weighted by atomic mass is 10.1. The van der Waals surface area contributed by atoms with Gasteiger partial charge in [0.15, 0.2) is 5.96 Å². The van der Waals surface area contributed by atoms with Crippen molar-refractivity contribution in [1.29, 1.82) is 0 Å². The van der Waals surface area contributed by atoms with Gasteiger partial charge in [-0.3, -0.25) is 4.99 Å². The molecule has 2 rings (SSSR count). The van der Waals surface area contributed by atoms with Crippen LogP contribution in [0.5, 0.6) is 0 Å². The molecule has 0 saturated heterocycles. The first-order valence-corrected chi connectivity index (χ1v) is 10.4. The van der Waals surface area contributed by atoms with Crippen molar-refractivity contribution in [1.82, 2.24) is 15.6 Å². The van der Waals surface area contributed by atoms with Crippen molar-refractivity contribution >= 4 is 40.8 Å². The Kier molecular flexibility index (Phi) is 12.3. The van der Waals surface area contributed by atoms with E-state index in [1.54, 1.807) is 0 Å². The van der Waals surface area contributed by atoms with E-state index in [1.807, 2.05) is 6.92 Å². The lowest BCUT2D eigenvalue weighted by Gasteiger charge is -2.14. The van der Waals surface area contributed by atoms with Crippen LogP contribution < -0.4 is 10.6 Å². The predicted molar refractivity (Wildman–Crippen MR) is 132 cm³/mol. The maximum Gasteiger partial charge on any atom is 0.191 e. The molecule has 0 aliphatic rings. The highest BCUT2D eigenvalue weighted by atomic mass is 127. The summed E-state index contributed by atoms with van der Waals surface area (Å²) < 4.78 is 5.48. The number of guanidine groups is 1. The van der Waals surface area contributed by atoms with Gasteiger partial charge in [-0.2, -0.15) is 0 Å². The van der Waals surface area contributed by atoms with Crippen molar-refractivity contribution in [2.75, 3.05) is 32.8 Å². The molecule has 1 aromatic carbocycles. The third kappa shape index (κ3) is 8.52. The molecule has 0 amide bonds. The third-order valence-electron chi connectivity index (χ3n) is 4.52. The molecule has 2 aromatic rings. The SMILES string of the molecule is CCNC(=NCC(O)COCC(C)C)NCCc1c[nH]c2c(CC)cccc12.I. The number of benzene rings is 1. The first-order chi connectivity index (χ1) is 13.5. The van der Waals surface area contributed by atoms with Crippen LogP contribution in [0.1, 0.15) is 38.8 Å². The van der Waals surface area contributed by atoms with E-state index in [-0.39, 0.29) is 24.0 Å². The van der Waals surface area contributed by atoms with E-state index in [4.69, 9.17) is 4.74 Å². The van der Waals surface area contributed by atoms with Crippen LogP contribution in [-0.4, -0.2) is 55.0 Å². The number of aliphatic imine (C=N–C) groups is 1. The van der Waals surface area contributed by atoms with Crippen LogP contribution >= 0.6 is 24.0 Å². The number of ether oxygens (including phenoxy) is 1. The van der Waals surface area contributed by atoms with Gasteiger partial charge in [0.05, 0.1) is 19.3 Å². The number of halogens is 1. The second-order valence-electron chi connectivity index (χ2n) is 7.49. The van der Waals surface area contributed by atoms with Gasteiger partial charge in [0.25, 0.3) is 0 Å². The highest BCUT2D eigenvalue weighted by molar-refractivity contribution is 14.0. The van der Waals surface area contributed by atoms with Gasteiger partial charge in [0, 0.05) is 36.8 Å². The highest BCUT2D eigenvalue weighted by Gasteiger charge is 2.08. The smallest absolute Gasteiger partial charge is 0.191 e. The van der Waals surface area contributed by atoms with E-state index < -0.39 is 6.10 Å². The van der Waals surface area contributed by atoms with Gasteiger partial charge in [0.1, 0.15) is 0 Å². The van der Waals surface area contributed by atoms with Crippen LogP contribution in [0.4, 0.5) is 0 Å². The number of H-pyrrole nitrogens is 1. The minimum atomic E-state index is -0.588. The van der Waals surface area contributed by atoms with E-state index in [0.717, 1.165) is 31.9 Å². The Morgan fingerprint density at radius 2 is 1.97 bits per heavy atom. The molecule has 0 spiro atoms. The number of nitrogens with zero attached hydrogens (tertiary/aromatic N) is 1. The summed E-state index contributed by atoms with van der Waals surface area (Å²) in [5, 5.41) is 17.9. The number of hydrogen-bond acceptors (Lipinski definition) is 3. The van der Waals surface area contributed by atoms with E-state index in [9.17, 15) is 5.11 Å². The average molecular weight is 516 g/mol. The molecule has 0 aliphatic carbocycles. The summed E-state index contributed by atoms with van der Waals surface area (Å²) in [5.74, 6) is 1.19. The highest BCUT2D eigenvalue weighted by Crippen LogP contribution is 2.22. The molecule has 0 radical (unpaired) electrons. The predicted octanol–water partition coefficient (Wildman–Crippen LogP) is 3.48. The van der Waals surface area contributed by atoms with Crippen molar-refractivity contribution in [2.24, 2.45) is 10.9 Å². The molecule has 0 aliphatic heterocycles. The molecule has 164 valence electrons. The number of para-hydroxylation sites is 1. The second kappa shape index (κ2) is 13.8. The first-order valence-electron chi connectivity index (χ1n) is 10.4. The molecule has 6 nitrogen and oxygen atoms in total. The Morgan fingerprint density at radius 1 is 1.17 bits per heavy atom. The molecule has 0 fully saturated rings. The van der Waals surface area contributed by atoms with E-state index >= 15 is 0 Å². The zero-order valence-electron chi connectivity index (χ0n) is 18.1. The monoisotopic (exact) mass is 516 g/mol. The van der Waals surface area contributed by atoms with Gasteiger partial charge < -0.3 is 25.5 Å². The van der Waals surface area contributed by atoms with Crippen LogP contribution in [0.15, 0.2) is 29.4 Å². The zero-order valence-corrected chi connectivity index (χ0v) is 20.5. The van der Waals surface area contributed by atoms with Gasteiger partial charge >= 0.3 is 0 Å². The summed E-state index contributed by atoms with van der Waals surface area (Å²) in [7, 11) is 0. The quantitative estimate of drug-likeness (QED) is 0.210. The summed E-state index contributed by atoms with van der Waals surface area (Å²) in [6.45, 7) is 11.2. The Bertz CT molecular complexity index is 745. The molecule has 0 bridgehead atoms. The van der Waals surface area contributed by atoms with Gasteiger partial charge in [-0.05, 0) is 36.8 Å². The lowest BCUT2D eigenvalue weighted by Crippen LogP contribution is -2.39. The van der Waals surface area contributed by atoms with Crippen LogP contribution in [-0.2, 0) is 17.6 Å². The van der Waals surface area contributed by atoms with Gasteiger partial charge in [-0.1, -0.05) is 39.0 Å². The second-order valence-corrected chi connectivity index (χ2v) is 7.49. The number of aromatic nitrogens is 1. The van der Waals surface area contributed by atoms with Crippen LogP contribution in [0.25, 0.3) is 10.9 Å². The summed E-state index contributed by atoms with van der Waals surface area (Å²) in [6.07, 6.45) is 3.44. The van der Waals surface area contributed by atoms with Gasteiger partial charge in [-0.25, -0.2) is 0 Å². The molecular weight excluding hydrogens is 479 g/mol. The van der Waals surface area contributed by atoms with Crippen LogP contribution in [0.2, 0.25) is 0 Å². The van der Waals surface area contributed by atoms with Crippen molar-refractivity contribution in [3.63, 3.8) is 0 Å². The van der Waals surface area contributed by atoms with Gasteiger partial charge in [-0.15, -0.1) is 24.0 Å². The summed E-state index contributed by atoms with van der Waals surface area (Å²) in [4.78, 5) is 7.89. The fourth-order valence-corrected chi connectivity index (χ4v) is 3.12. The molecular formula is C22H37IN4O2. The molecule has 0 saturated carbocycles. The van der Waals surface area contributed by atoms with Crippen molar-refractivity contribution < 1.29 is 9.84 Å². The maximum absolute atomic E-state index is 10.0.